The van der Waals surface area contributed by atoms with Gasteiger partial charge in [-0.2, -0.15) is 0 Å². The number of piperidine rings is 1. The first kappa shape index (κ1) is 12.8. The Kier molecular flexibility index (Phi) is 4.15. The maximum Gasteiger partial charge on any atom is 0.123 e. The molecule has 0 aromatic carbocycles. The van der Waals surface area contributed by atoms with Crippen LogP contribution in [0.3, 0.4) is 0 Å². The van der Waals surface area contributed by atoms with Gasteiger partial charge in [-0.3, -0.25) is 0 Å². The van der Waals surface area contributed by atoms with E-state index in [2.05, 4.69) is 22.1 Å². The number of rotatable bonds is 3. The Bertz CT molecular complexity index is 425. The second-order valence-corrected chi connectivity index (χ2v) is 4.90. The molecule has 0 saturated carbocycles. The van der Waals surface area contributed by atoms with Gasteiger partial charge in [0.25, 0.3) is 0 Å². The summed E-state index contributed by atoms with van der Waals surface area (Å²) in [4.78, 5) is 6.54. The molecule has 0 atom stereocenters. The molecule has 3 N–H and O–H groups in total. The van der Waals surface area contributed by atoms with Crippen molar-refractivity contribution in [2.75, 3.05) is 25.9 Å². The first-order valence-electron chi connectivity index (χ1n) is 6.30. The molecule has 98 valence electrons. The van der Waals surface area contributed by atoms with Crippen LogP contribution in [-0.4, -0.2) is 40.9 Å². The van der Waals surface area contributed by atoms with Gasteiger partial charge >= 0.3 is 0 Å². The van der Waals surface area contributed by atoms with Crippen LogP contribution in [0.4, 0.5) is 5.82 Å². The summed E-state index contributed by atoms with van der Waals surface area (Å²) in [5, 5.41) is 12.7. The summed E-state index contributed by atoms with van der Waals surface area (Å²) in [5.41, 5.74) is 7.34. The van der Waals surface area contributed by atoms with Crippen LogP contribution < -0.4 is 5.73 Å². The molecular formula is C13H20N4O. The maximum absolute atomic E-state index is 9.19. The molecule has 2 rings (SSSR count). The van der Waals surface area contributed by atoms with Crippen molar-refractivity contribution in [3.63, 3.8) is 0 Å². The van der Waals surface area contributed by atoms with E-state index in [0.29, 0.717) is 18.2 Å². The molecular weight excluding hydrogens is 228 g/mol. The average molecular weight is 248 g/mol. The summed E-state index contributed by atoms with van der Waals surface area (Å²) in [6.07, 6.45) is 2.66. The third-order valence-corrected chi connectivity index (χ3v) is 3.51. The van der Waals surface area contributed by atoms with E-state index in [-0.39, 0.29) is 0 Å². The first-order chi connectivity index (χ1) is 8.69. The lowest BCUT2D eigenvalue weighted by Crippen LogP contribution is -2.34. The number of aromatic nitrogens is 1. The van der Waals surface area contributed by atoms with Crippen molar-refractivity contribution >= 4 is 11.5 Å². The lowest BCUT2D eigenvalue weighted by molar-refractivity contribution is 0.244. The summed E-state index contributed by atoms with van der Waals surface area (Å²) in [5.74, 6) is 0.864. The zero-order valence-corrected chi connectivity index (χ0v) is 10.7. The van der Waals surface area contributed by atoms with Crippen LogP contribution >= 0.6 is 0 Å². The number of nitrogens with two attached hydrogens (primary N) is 1. The Balaban J connectivity index is 2.02. The number of hydrogen-bond acceptors (Lipinski definition) is 5. The molecule has 1 aromatic heterocycles. The minimum Gasteiger partial charge on any atom is -0.411 e. The molecule has 18 heavy (non-hydrogen) atoms. The van der Waals surface area contributed by atoms with E-state index in [4.69, 9.17) is 5.73 Å². The van der Waals surface area contributed by atoms with Crippen molar-refractivity contribution in [3.8, 4) is 0 Å². The SMILES string of the molecule is CN1CCC(/C(Cc2cccc(N)n2)=N\O)CC1. The van der Waals surface area contributed by atoms with Crippen molar-refractivity contribution in [2.24, 2.45) is 11.1 Å². The Morgan fingerprint density at radius 1 is 1.50 bits per heavy atom. The van der Waals surface area contributed by atoms with E-state index in [9.17, 15) is 5.21 Å². The van der Waals surface area contributed by atoms with Gasteiger partial charge in [0.1, 0.15) is 5.82 Å². The monoisotopic (exact) mass is 248 g/mol. The number of nitrogens with zero attached hydrogens (tertiary/aromatic N) is 3. The van der Waals surface area contributed by atoms with Crippen molar-refractivity contribution in [2.45, 2.75) is 19.3 Å². The second kappa shape index (κ2) is 5.82. The molecule has 2 heterocycles. The fraction of sp³-hybridized carbons (Fsp3) is 0.538. The quantitative estimate of drug-likeness (QED) is 0.481. The molecule has 1 saturated heterocycles. The summed E-state index contributed by atoms with van der Waals surface area (Å²) in [6.45, 7) is 2.10. The molecule has 0 radical (unpaired) electrons. The topological polar surface area (TPSA) is 74.7 Å². The van der Waals surface area contributed by atoms with E-state index >= 15 is 0 Å². The molecule has 1 aliphatic rings. The third kappa shape index (κ3) is 3.20. The maximum atomic E-state index is 9.19. The number of nitrogen functional groups attached to an aromatic ring is 1. The molecule has 0 amide bonds. The first-order valence-corrected chi connectivity index (χ1v) is 6.30. The van der Waals surface area contributed by atoms with Crippen LogP contribution in [0, 0.1) is 5.92 Å². The van der Waals surface area contributed by atoms with Gasteiger partial charge in [-0.1, -0.05) is 11.2 Å². The van der Waals surface area contributed by atoms with Crippen molar-refractivity contribution in [1.29, 1.82) is 0 Å². The van der Waals surface area contributed by atoms with Crippen molar-refractivity contribution in [3.05, 3.63) is 23.9 Å². The average Bonchev–Trinajstić information content (AvgIpc) is 2.37. The molecule has 5 nitrogen and oxygen atoms in total. The molecule has 1 aliphatic heterocycles. The fourth-order valence-corrected chi connectivity index (χ4v) is 2.39. The molecule has 1 aromatic rings. The van der Waals surface area contributed by atoms with Gasteiger partial charge in [0, 0.05) is 18.0 Å². The third-order valence-electron chi connectivity index (χ3n) is 3.51. The highest BCUT2D eigenvalue weighted by molar-refractivity contribution is 5.88. The largest absolute Gasteiger partial charge is 0.411 e. The number of pyridine rings is 1. The lowest BCUT2D eigenvalue weighted by atomic mass is 9.90. The van der Waals surface area contributed by atoms with E-state index in [0.717, 1.165) is 37.3 Å². The van der Waals surface area contributed by atoms with Gasteiger partial charge < -0.3 is 15.8 Å². The smallest absolute Gasteiger partial charge is 0.123 e. The highest BCUT2D eigenvalue weighted by atomic mass is 16.4. The van der Waals surface area contributed by atoms with Crippen LogP contribution in [0.25, 0.3) is 0 Å². The van der Waals surface area contributed by atoms with Gasteiger partial charge in [0.15, 0.2) is 0 Å². The highest BCUT2D eigenvalue weighted by Crippen LogP contribution is 2.19. The predicted octanol–water partition coefficient (Wildman–Crippen LogP) is 1.38. The summed E-state index contributed by atoms with van der Waals surface area (Å²) < 4.78 is 0. The lowest BCUT2D eigenvalue weighted by Gasteiger charge is -2.29. The Hall–Kier alpha value is -1.62. The Morgan fingerprint density at radius 2 is 2.22 bits per heavy atom. The van der Waals surface area contributed by atoms with E-state index < -0.39 is 0 Å². The van der Waals surface area contributed by atoms with Crippen LogP contribution in [0.15, 0.2) is 23.4 Å². The van der Waals surface area contributed by atoms with Gasteiger partial charge in [-0.25, -0.2) is 4.98 Å². The molecule has 5 heteroatoms. The van der Waals surface area contributed by atoms with Gasteiger partial charge in [0.05, 0.1) is 5.71 Å². The molecule has 0 aliphatic carbocycles. The zero-order valence-electron chi connectivity index (χ0n) is 10.7. The second-order valence-electron chi connectivity index (χ2n) is 4.90. The summed E-state index contributed by atoms with van der Waals surface area (Å²) in [6, 6.07) is 5.55. The fourth-order valence-electron chi connectivity index (χ4n) is 2.39. The predicted molar refractivity (Wildman–Crippen MR) is 71.8 cm³/mol. The van der Waals surface area contributed by atoms with Crippen molar-refractivity contribution < 1.29 is 5.21 Å². The van der Waals surface area contributed by atoms with Crippen LogP contribution in [0.5, 0.6) is 0 Å². The highest BCUT2D eigenvalue weighted by Gasteiger charge is 2.22. The number of anilines is 1. The van der Waals surface area contributed by atoms with E-state index in [1.807, 2.05) is 12.1 Å². The van der Waals surface area contributed by atoms with Crippen molar-refractivity contribution in [1.82, 2.24) is 9.88 Å². The van der Waals surface area contributed by atoms with Gasteiger partial charge in [-0.15, -0.1) is 0 Å². The van der Waals surface area contributed by atoms with Crippen LogP contribution in [0.2, 0.25) is 0 Å². The summed E-state index contributed by atoms with van der Waals surface area (Å²) >= 11 is 0. The summed E-state index contributed by atoms with van der Waals surface area (Å²) in [7, 11) is 2.12. The molecule has 0 spiro atoms. The minimum atomic E-state index is 0.356. The van der Waals surface area contributed by atoms with E-state index in [1.54, 1.807) is 6.07 Å². The number of oxime groups is 1. The minimum absolute atomic E-state index is 0.356. The standard InChI is InChI=1S/C13H20N4O/c1-17-7-5-10(6-8-17)12(16-18)9-11-3-2-4-13(14)15-11/h2-4,10,18H,5-9H2,1H3,(H2,14,15)/b16-12-. The van der Waals surface area contributed by atoms with Crippen LogP contribution in [-0.2, 0) is 6.42 Å². The zero-order chi connectivity index (χ0) is 13.0. The number of hydrogen-bond donors (Lipinski definition) is 2. The van der Waals surface area contributed by atoms with Crippen LogP contribution in [0.1, 0.15) is 18.5 Å². The van der Waals surface area contributed by atoms with Gasteiger partial charge in [-0.05, 0) is 45.1 Å². The molecule has 1 fully saturated rings. The van der Waals surface area contributed by atoms with Gasteiger partial charge in [0.2, 0.25) is 0 Å². The Labute approximate surface area is 107 Å². The number of likely N-dealkylation sites (tertiary alicyclic amines) is 1. The molecule has 0 unspecified atom stereocenters. The molecule has 0 bridgehead atoms. The Morgan fingerprint density at radius 3 is 2.83 bits per heavy atom. The normalized spacial score (nSPS) is 19.1. The van der Waals surface area contributed by atoms with E-state index in [1.165, 1.54) is 0 Å².